The van der Waals surface area contributed by atoms with Crippen LogP contribution in [0.1, 0.15) is 16.7 Å². The van der Waals surface area contributed by atoms with Crippen molar-refractivity contribution in [1.29, 1.82) is 0 Å². The first kappa shape index (κ1) is 19.2. The van der Waals surface area contributed by atoms with Crippen LogP contribution in [-0.4, -0.2) is 14.5 Å². The summed E-state index contributed by atoms with van der Waals surface area (Å²) in [5.41, 5.74) is 8.10. The zero-order valence-corrected chi connectivity index (χ0v) is 17.9. The van der Waals surface area contributed by atoms with Gasteiger partial charge in [0.25, 0.3) is 0 Å². The van der Waals surface area contributed by atoms with Crippen LogP contribution in [-0.2, 0) is 20.1 Å². The van der Waals surface area contributed by atoms with Gasteiger partial charge in [0, 0.05) is 50.6 Å². The number of aryl methyl sites for hydroxylation is 3. The third kappa shape index (κ3) is 3.78. The molecule has 4 heteroatoms. The van der Waals surface area contributed by atoms with E-state index in [4.69, 9.17) is 0 Å². The fourth-order valence-electron chi connectivity index (χ4n) is 3.54. The van der Waals surface area contributed by atoms with Crippen LogP contribution in [0.25, 0.3) is 28.2 Å². The number of benzene rings is 2. The van der Waals surface area contributed by atoms with Gasteiger partial charge in [-0.2, -0.15) is 0 Å². The average molecular weight is 531 g/mol. The summed E-state index contributed by atoms with van der Waals surface area (Å²) < 4.78 is 2.16. The molecule has 4 aromatic rings. The van der Waals surface area contributed by atoms with Gasteiger partial charge in [-0.05, 0) is 43.5 Å². The molecule has 0 aliphatic rings. The fourth-order valence-corrected chi connectivity index (χ4v) is 3.54. The van der Waals surface area contributed by atoms with E-state index < -0.39 is 0 Å². The molecule has 2 aromatic carbocycles. The third-order valence-electron chi connectivity index (χ3n) is 4.55. The van der Waals surface area contributed by atoms with E-state index in [9.17, 15) is 0 Å². The second-order valence-electron chi connectivity index (χ2n) is 6.60. The van der Waals surface area contributed by atoms with Crippen molar-refractivity contribution in [1.82, 2.24) is 14.5 Å². The van der Waals surface area contributed by atoms with Gasteiger partial charge in [0.05, 0.1) is 5.82 Å². The van der Waals surface area contributed by atoms with Gasteiger partial charge in [0.15, 0.2) is 0 Å². The van der Waals surface area contributed by atoms with Crippen molar-refractivity contribution in [3.63, 3.8) is 0 Å². The molecule has 0 aliphatic carbocycles. The summed E-state index contributed by atoms with van der Waals surface area (Å²) >= 11 is 0. The summed E-state index contributed by atoms with van der Waals surface area (Å²) in [6.45, 7) is 6.42. The van der Waals surface area contributed by atoms with Crippen LogP contribution < -0.4 is 0 Å². The molecule has 3 nitrogen and oxygen atoms in total. The second-order valence-corrected chi connectivity index (χ2v) is 6.60. The van der Waals surface area contributed by atoms with Crippen LogP contribution in [0.4, 0.5) is 0 Å². The number of nitrogens with zero attached hydrogens (tertiary/aromatic N) is 3. The summed E-state index contributed by atoms with van der Waals surface area (Å²) in [5, 5.41) is 0. The van der Waals surface area contributed by atoms with Crippen LogP contribution in [0, 0.1) is 26.8 Å². The summed E-state index contributed by atoms with van der Waals surface area (Å²) in [6, 6.07) is 17.9. The van der Waals surface area contributed by atoms with Crippen LogP contribution in [0.2, 0.25) is 0 Å². The third-order valence-corrected chi connectivity index (χ3v) is 4.55. The Morgan fingerprint density at radius 3 is 2.41 bits per heavy atom. The Morgan fingerprint density at radius 1 is 0.926 bits per heavy atom. The summed E-state index contributed by atoms with van der Waals surface area (Å²) in [4.78, 5) is 8.84. The molecule has 0 saturated carbocycles. The molecule has 0 spiro atoms. The van der Waals surface area contributed by atoms with E-state index in [1.807, 2.05) is 30.7 Å². The first-order chi connectivity index (χ1) is 12.6. The van der Waals surface area contributed by atoms with Gasteiger partial charge in [-0.25, -0.2) is 0 Å². The van der Waals surface area contributed by atoms with E-state index in [1.54, 1.807) is 6.20 Å². The largest absolute Gasteiger partial charge is 0.340 e. The number of hydrogen-bond acceptors (Lipinski definition) is 2. The van der Waals surface area contributed by atoms with Crippen molar-refractivity contribution >= 4 is 0 Å². The molecule has 137 valence electrons. The summed E-state index contributed by atoms with van der Waals surface area (Å²) in [6.07, 6.45) is 7.53. The summed E-state index contributed by atoms with van der Waals surface area (Å²) in [5.74, 6) is 0.894. The Hall–Kier alpha value is -2.55. The van der Waals surface area contributed by atoms with Gasteiger partial charge in [0.2, 0.25) is 0 Å². The molecule has 2 heterocycles. The Kier molecular flexibility index (Phi) is 5.69. The van der Waals surface area contributed by atoms with Crippen molar-refractivity contribution in [2.75, 3.05) is 0 Å². The normalized spacial score (nSPS) is 10.5. The van der Waals surface area contributed by atoms with Gasteiger partial charge in [-0.1, -0.05) is 29.3 Å². The van der Waals surface area contributed by atoms with E-state index in [0.29, 0.717) is 0 Å². The maximum atomic E-state index is 4.62. The van der Waals surface area contributed by atoms with Crippen molar-refractivity contribution in [2.45, 2.75) is 20.8 Å². The smallest absolute Gasteiger partial charge is 0.0603 e. The maximum Gasteiger partial charge on any atom is 0.0603 e. The molecular weight excluding hydrogens is 510 g/mol. The molecule has 0 N–H and O–H groups in total. The number of aromatic nitrogens is 3. The average Bonchev–Trinajstić information content (AvgIpc) is 3.11. The topological polar surface area (TPSA) is 30.7 Å². The van der Waals surface area contributed by atoms with Crippen LogP contribution in [0.5, 0.6) is 0 Å². The molecular formula is C23H20IrN3-. The van der Waals surface area contributed by atoms with E-state index in [-0.39, 0.29) is 20.1 Å². The molecule has 0 atom stereocenters. The molecule has 0 aliphatic heterocycles. The van der Waals surface area contributed by atoms with Crippen LogP contribution in [0.3, 0.4) is 0 Å². The second kappa shape index (κ2) is 7.99. The van der Waals surface area contributed by atoms with Gasteiger partial charge in [-0.15, -0.1) is 29.8 Å². The molecule has 1 radical (unpaired) electrons. The Morgan fingerprint density at radius 2 is 1.70 bits per heavy atom. The molecule has 0 fully saturated rings. The van der Waals surface area contributed by atoms with Gasteiger partial charge in [-0.3, -0.25) is 9.97 Å². The van der Waals surface area contributed by atoms with E-state index in [0.717, 1.165) is 22.5 Å². The summed E-state index contributed by atoms with van der Waals surface area (Å²) in [7, 11) is 0. The van der Waals surface area contributed by atoms with E-state index >= 15 is 0 Å². The van der Waals surface area contributed by atoms with Crippen LogP contribution >= 0.6 is 0 Å². The van der Waals surface area contributed by atoms with Crippen LogP contribution in [0.15, 0.2) is 67.3 Å². The van der Waals surface area contributed by atoms with Gasteiger partial charge >= 0.3 is 0 Å². The number of pyridine rings is 1. The number of hydrogen-bond donors (Lipinski definition) is 0. The van der Waals surface area contributed by atoms with Gasteiger partial charge in [0.1, 0.15) is 0 Å². The Balaban J connectivity index is 0.00000210. The molecule has 2 aromatic heterocycles. The maximum absolute atomic E-state index is 4.62. The van der Waals surface area contributed by atoms with Gasteiger partial charge < -0.3 is 4.57 Å². The molecule has 0 amide bonds. The predicted octanol–water partition coefficient (Wildman–Crippen LogP) is 5.32. The monoisotopic (exact) mass is 531 g/mol. The zero-order valence-electron chi connectivity index (χ0n) is 15.5. The molecule has 27 heavy (non-hydrogen) atoms. The minimum absolute atomic E-state index is 0. The molecule has 0 saturated heterocycles. The standard InChI is InChI=1S/C23H20N3.Ir/c1-16-12-17(2)22(18(3)13-16)26-11-10-25-23(26)20-7-4-6-19(14-20)21-8-5-9-24-15-21;/h4-6,8-15H,1-3H3;/q-1;. The Bertz CT molecular complexity index is 1040. The number of rotatable bonds is 3. The molecule has 0 unspecified atom stereocenters. The minimum atomic E-state index is 0. The number of imidazole rings is 1. The van der Waals surface area contributed by atoms with E-state index in [2.05, 4.69) is 71.7 Å². The van der Waals surface area contributed by atoms with Crippen molar-refractivity contribution in [3.8, 4) is 28.2 Å². The molecule has 0 bridgehead atoms. The fraction of sp³-hybridized carbons (Fsp3) is 0.130. The van der Waals surface area contributed by atoms with E-state index in [1.165, 1.54) is 22.4 Å². The quantitative estimate of drug-likeness (QED) is 0.336. The zero-order chi connectivity index (χ0) is 18.1. The SMILES string of the molecule is Cc1cc(C)c(-n2ccnc2-c2[c-]ccc(-c3cccnc3)c2)c(C)c1.[Ir]. The van der Waals surface area contributed by atoms with Crippen molar-refractivity contribution in [3.05, 3.63) is 90.0 Å². The predicted molar refractivity (Wildman–Crippen MR) is 105 cm³/mol. The van der Waals surface area contributed by atoms with Crippen molar-refractivity contribution in [2.24, 2.45) is 0 Å². The minimum Gasteiger partial charge on any atom is -0.340 e. The first-order valence-corrected chi connectivity index (χ1v) is 8.67. The van der Waals surface area contributed by atoms with Crippen molar-refractivity contribution < 1.29 is 20.1 Å². The Labute approximate surface area is 173 Å². The molecule has 4 rings (SSSR count). The first-order valence-electron chi connectivity index (χ1n) is 8.67.